The fourth-order valence-corrected chi connectivity index (χ4v) is 6.43. The molecule has 8 nitrogen and oxygen atoms in total. The second-order valence-corrected chi connectivity index (χ2v) is 11.0. The molecular formula is C25H28N4O4S. The van der Waals surface area contributed by atoms with E-state index >= 15 is 0 Å². The third-order valence-corrected chi connectivity index (χ3v) is 8.80. The Morgan fingerprint density at radius 2 is 1.62 bits per heavy atom. The van der Waals surface area contributed by atoms with Crippen LogP contribution >= 0.6 is 0 Å². The Morgan fingerprint density at radius 1 is 0.941 bits per heavy atom. The van der Waals surface area contributed by atoms with Crippen LogP contribution < -0.4 is 5.56 Å². The number of amides is 1. The van der Waals surface area contributed by atoms with Crippen molar-refractivity contribution in [1.82, 2.24) is 19.0 Å². The highest BCUT2D eigenvalue weighted by molar-refractivity contribution is 7.89. The van der Waals surface area contributed by atoms with Crippen molar-refractivity contribution in [1.29, 1.82) is 0 Å². The van der Waals surface area contributed by atoms with Crippen molar-refractivity contribution < 1.29 is 13.2 Å². The number of sulfonamides is 1. The Balaban J connectivity index is 1.28. The fourth-order valence-electron chi connectivity index (χ4n) is 4.96. The summed E-state index contributed by atoms with van der Waals surface area (Å²) in [5.41, 5.74) is 2.73. The van der Waals surface area contributed by atoms with Crippen molar-refractivity contribution in [2.75, 3.05) is 26.2 Å². The summed E-state index contributed by atoms with van der Waals surface area (Å²) < 4.78 is 29.2. The van der Waals surface area contributed by atoms with E-state index < -0.39 is 10.0 Å². The van der Waals surface area contributed by atoms with Gasteiger partial charge in [-0.15, -0.1) is 0 Å². The second kappa shape index (κ2) is 8.96. The molecule has 34 heavy (non-hydrogen) atoms. The van der Waals surface area contributed by atoms with Crippen LogP contribution in [-0.4, -0.2) is 59.5 Å². The summed E-state index contributed by atoms with van der Waals surface area (Å²) in [6.45, 7) is 1.17. The molecule has 1 amide bonds. The summed E-state index contributed by atoms with van der Waals surface area (Å²) in [5.74, 6) is -0.123. The summed E-state index contributed by atoms with van der Waals surface area (Å²) in [7, 11) is -2.02. The molecule has 5 rings (SSSR count). The molecule has 0 radical (unpaired) electrons. The monoisotopic (exact) mass is 480 g/mol. The second-order valence-electron chi connectivity index (χ2n) is 9.02. The molecular weight excluding hydrogens is 452 g/mol. The average Bonchev–Trinajstić information content (AvgIpc) is 2.87. The number of fused-ring (bicyclic) bond motifs is 2. The highest BCUT2D eigenvalue weighted by Gasteiger charge is 2.31. The Bertz CT molecular complexity index is 1420. The molecule has 1 aliphatic carbocycles. The number of aromatic nitrogens is 2. The van der Waals surface area contributed by atoms with Gasteiger partial charge in [0.15, 0.2) is 0 Å². The van der Waals surface area contributed by atoms with Gasteiger partial charge in [0.05, 0.1) is 22.4 Å². The van der Waals surface area contributed by atoms with E-state index in [1.54, 1.807) is 36.2 Å². The van der Waals surface area contributed by atoms with Crippen LogP contribution in [-0.2, 0) is 41.1 Å². The van der Waals surface area contributed by atoms with Crippen molar-refractivity contribution in [3.8, 4) is 0 Å². The van der Waals surface area contributed by atoms with E-state index in [0.717, 1.165) is 31.2 Å². The summed E-state index contributed by atoms with van der Waals surface area (Å²) in [6, 6.07) is 12.6. The lowest BCUT2D eigenvalue weighted by molar-refractivity contribution is -0.131. The number of hydrogen-bond donors (Lipinski definition) is 0. The van der Waals surface area contributed by atoms with E-state index in [1.807, 2.05) is 18.2 Å². The summed E-state index contributed by atoms with van der Waals surface area (Å²) in [6.07, 6.45) is 4.24. The summed E-state index contributed by atoms with van der Waals surface area (Å²) in [5, 5.41) is 5.52. The first kappa shape index (κ1) is 22.7. The molecule has 0 bridgehead atoms. The molecule has 0 atom stereocenters. The maximum atomic E-state index is 13.2. The van der Waals surface area contributed by atoms with Crippen molar-refractivity contribution in [3.63, 3.8) is 0 Å². The lowest BCUT2D eigenvalue weighted by Crippen LogP contribution is -2.51. The molecule has 2 aromatic carbocycles. The van der Waals surface area contributed by atoms with E-state index in [0.29, 0.717) is 34.5 Å². The predicted molar refractivity (Wildman–Crippen MR) is 129 cm³/mol. The Hall–Kier alpha value is -3.04. The first-order valence-electron chi connectivity index (χ1n) is 11.7. The van der Waals surface area contributed by atoms with Crippen LogP contribution in [0.15, 0.2) is 52.2 Å². The first-order valence-corrected chi connectivity index (χ1v) is 13.1. The lowest BCUT2D eigenvalue weighted by atomic mass is 9.92. The molecule has 0 N–H and O–H groups in total. The Kier molecular flexibility index (Phi) is 5.99. The zero-order chi connectivity index (χ0) is 23.9. The van der Waals surface area contributed by atoms with E-state index in [4.69, 9.17) is 0 Å². The standard InChI is InChI=1S/C25H28N4O4S/c1-27-25(31)22-9-5-4-8-21(22)23(26-27)17-24(30)28-12-14-29(15-13-28)34(32,33)20-11-10-18-6-2-3-7-19(18)16-20/h4-5,8-11,16H,2-3,6-7,12-15,17H2,1H3. The SMILES string of the molecule is Cn1nc(CC(=O)N2CCN(S(=O)(=O)c3ccc4c(c3)CCCC4)CC2)c2ccccc2c1=O. The van der Waals surface area contributed by atoms with Gasteiger partial charge < -0.3 is 4.90 Å². The zero-order valence-electron chi connectivity index (χ0n) is 19.2. The van der Waals surface area contributed by atoms with Gasteiger partial charge in [0, 0.05) is 38.6 Å². The number of carbonyl (C=O) groups excluding carboxylic acids is 1. The highest BCUT2D eigenvalue weighted by Crippen LogP contribution is 2.26. The van der Waals surface area contributed by atoms with E-state index in [1.165, 1.54) is 14.6 Å². The maximum Gasteiger partial charge on any atom is 0.274 e. The van der Waals surface area contributed by atoms with Crippen molar-refractivity contribution in [2.45, 2.75) is 37.0 Å². The Labute approximate surface area is 198 Å². The molecule has 1 aromatic heterocycles. The van der Waals surface area contributed by atoms with Gasteiger partial charge in [0.2, 0.25) is 15.9 Å². The molecule has 0 saturated carbocycles. The molecule has 9 heteroatoms. The van der Waals surface area contributed by atoms with E-state index in [2.05, 4.69) is 5.10 Å². The molecule has 2 heterocycles. The van der Waals surface area contributed by atoms with Crippen molar-refractivity contribution in [3.05, 3.63) is 69.6 Å². The van der Waals surface area contributed by atoms with Crippen LogP contribution in [0.2, 0.25) is 0 Å². The molecule has 1 saturated heterocycles. The van der Waals surface area contributed by atoms with Gasteiger partial charge in [-0.2, -0.15) is 9.40 Å². The van der Waals surface area contributed by atoms with Crippen molar-refractivity contribution >= 4 is 26.7 Å². The number of aryl methyl sites for hydroxylation is 3. The summed E-state index contributed by atoms with van der Waals surface area (Å²) in [4.78, 5) is 27.4. The smallest absolute Gasteiger partial charge is 0.274 e. The van der Waals surface area contributed by atoms with Crippen LogP contribution in [0, 0.1) is 0 Å². The summed E-state index contributed by atoms with van der Waals surface area (Å²) >= 11 is 0. The van der Waals surface area contributed by atoms with Crippen LogP contribution in [0.5, 0.6) is 0 Å². The van der Waals surface area contributed by atoms with Crippen LogP contribution in [0.4, 0.5) is 0 Å². The zero-order valence-corrected chi connectivity index (χ0v) is 20.1. The minimum Gasteiger partial charge on any atom is -0.340 e. The number of piperazine rings is 1. The maximum absolute atomic E-state index is 13.2. The molecule has 1 aliphatic heterocycles. The Morgan fingerprint density at radius 3 is 2.35 bits per heavy atom. The minimum absolute atomic E-state index is 0.0617. The molecule has 1 fully saturated rings. The lowest BCUT2D eigenvalue weighted by Gasteiger charge is -2.34. The van der Waals surface area contributed by atoms with E-state index in [9.17, 15) is 18.0 Å². The number of carbonyl (C=O) groups is 1. The number of benzene rings is 2. The third-order valence-electron chi connectivity index (χ3n) is 6.90. The van der Waals surface area contributed by atoms with Crippen LogP contribution in [0.25, 0.3) is 10.8 Å². The largest absolute Gasteiger partial charge is 0.340 e. The highest BCUT2D eigenvalue weighted by atomic mass is 32.2. The van der Waals surface area contributed by atoms with Gasteiger partial charge in [-0.1, -0.05) is 24.3 Å². The van der Waals surface area contributed by atoms with Gasteiger partial charge in [-0.3, -0.25) is 9.59 Å². The number of nitrogens with zero attached hydrogens (tertiary/aromatic N) is 4. The van der Waals surface area contributed by atoms with Crippen LogP contribution in [0.3, 0.4) is 0 Å². The molecule has 178 valence electrons. The molecule has 0 spiro atoms. The number of rotatable bonds is 4. The number of hydrogen-bond acceptors (Lipinski definition) is 5. The average molecular weight is 481 g/mol. The van der Waals surface area contributed by atoms with Gasteiger partial charge >= 0.3 is 0 Å². The molecule has 0 unspecified atom stereocenters. The van der Waals surface area contributed by atoms with E-state index in [-0.39, 0.29) is 31.0 Å². The quantitative estimate of drug-likeness (QED) is 0.569. The van der Waals surface area contributed by atoms with Crippen molar-refractivity contribution in [2.24, 2.45) is 7.05 Å². The normalized spacial score (nSPS) is 17.0. The predicted octanol–water partition coefficient (Wildman–Crippen LogP) is 1.89. The molecule has 3 aromatic rings. The fraction of sp³-hybridized carbons (Fsp3) is 0.400. The van der Waals surface area contributed by atoms with Gasteiger partial charge in [0.1, 0.15) is 0 Å². The molecule has 2 aliphatic rings. The van der Waals surface area contributed by atoms with Gasteiger partial charge in [-0.25, -0.2) is 13.1 Å². The topological polar surface area (TPSA) is 92.6 Å². The minimum atomic E-state index is -3.60. The van der Waals surface area contributed by atoms with Crippen LogP contribution in [0.1, 0.15) is 29.7 Å². The van der Waals surface area contributed by atoms with Gasteiger partial charge in [-0.05, 0) is 55.0 Å². The third kappa shape index (κ3) is 4.14. The first-order chi connectivity index (χ1) is 16.3. The van der Waals surface area contributed by atoms with Gasteiger partial charge in [0.25, 0.3) is 5.56 Å².